The van der Waals surface area contributed by atoms with Gasteiger partial charge in [-0.3, -0.25) is 14.1 Å². The second-order valence-electron chi connectivity index (χ2n) is 7.99. The van der Waals surface area contributed by atoms with Crippen LogP contribution in [0.3, 0.4) is 0 Å². The van der Waals surface area contributed by atoms with E-state index in [4.69, 9.17) is 14.5 Å². The Labute approximate surface area is 190 Å². The van der Waals surface area contributed by atoms with Gasteiger partial charge in [0.25, 0.3) is 5.56 Å². The number of aryl methyl sites for hydroxylation is 1. The van der Waals surface area contributed by atoms with Crippen molar-refractivity contribution in [2.45, 2.75) is 25.9 Å². The van der Waals surface area contributed by atoms with Crippen LogP contribution in [-0.4, -0.2) is 35.0 Å². The van der Waals surface area contributed by atoms with Crippen molar-refractivity contribution in [2.75, 3.05) is 20.8 Å². The Kier molecular flexibility index (Phi) is 5.45. The molecule has 1 aliphatic rings. The van der Waals surface area contributed by atoms with Gasteiger partial charge in [0.15, 0.2) is 11.5 Å². The number of benzene rings is 1. The smallest absolute Gasteiger partial charge is 0.258 e. The Bertz CT molecular complexity index is 1330. The van der Waals surface area contributed by atoms with Gasteiger partial charge in [0.2, 0.25) is 0 Å². The number of methoxy groups -OCH3 is 2. The Hall–Kier alpha value is -3.16. The number of pyridine rings is 1. The molecule has 0 N–H and O–H groups in total. The maximum Gasteiger partial charge on any atom is 0.258 e. The van der Waals surface area contributed by atoms with Crippen LogP contribution in [0.4, 0.5) is 0 Å². The Morgan fingerprint density at radius 3 is 2.66 bits per heavy atom. The van der Waals surface area contributed by atoms with E-state index in [1.807, 2.05) is 25.1 Å². The molecule has 1 unspecified atom stereocenters. The largest absolute Gasteiger partial charge is 0.493 e. The van der Waals surface area contributed by atoms with E-state index in [0.29, 0.717) is 12.2 Å². The Morgan fingerprint density at radius 1 is 1.09 bits per heavy atom. The molecular formula is C25H25N3O3S. The lowest BCUT2D eigenvalue weighted by molar-refractivity contribution is 0.203. The third-order valence-corrected chi connectivity index (χ3v) is 7.01. The van der Waals surface area contributed by atoms with Crippen LogP contribution in [0, 0.1) is 6.92 Å². The van der Waals surface area contributed by atoms with Crippen LogP contribution in [0.2, 0.25) is 0 Å². The summed E-state index contributed by atoms with van der Waals surface area (Å²) in [7, 11) is 3.33. The van der Waals surface area contributed by atoms with Crippen molar-refractivity contribution in [1.29, 1.82) is 0 Å². The molecule has 0 amide bonds. The number of fused-ring (bicyclic) bond motifs is 2. The highest BCUT2D eigenvalue weighted by atomic mass is 32.1. The molecule has 1 aromatic carbocycles. The van der Waals surface area contributed by atoms with Crippen molar-refractivity contribution >= 4 is 17.0 Å². The van der Waals surface area contributed by atoms with Gasteiger partial charge in [-0.05, 0) is 60.2 Å². The summed E-state index contributed by atoms with van der Waals surface area (Å²) in [5.74, 6) is 1.48. The van der Waals surface area contributed by atoms with Gasteiger partial charge in [-0.1, -0.05) is 12.1 Å². The second-order valence-corrected chi connectivity index (χ2v) is 8.97. The van der Waals surface area contributed by atoms with Gasteiger partial charge in [-0.15, -0.1) is 11.3 Å². The molecule has 4 aromatic rings. The van der Waals surface area contributed by atoms with Crippen LogP contribution >= 0.6 is 11.3 Å². The average molecular weight is 448 g/mol. The average Bonchev–Trinajstić information content (AvgIpc) is 3.32. The molecule has 5 rings (SSSR count). The molecule has 0 fully saturated rings. The predicted molar refractivity (Wildman–Crippen MR) is 126 cm³/mol. The summed E-state index contributed by atoms with van der Waals surface area (Å²) in [5.41, 5.74) is 4.79. The zero-order valence-corrected chi connectivity index (χ0v) is 19.2. The molecule has 1 atom stereocenters. The monoisotopic (exact) mass is 447 g/mol. The number of hydrogen-bond acceptors (Lipinski definition) is 6. The number of thiophene rings is 1. The van der Waals surface area contributed by atoms with Gasteiger partial charge in [0.1, 0.15) is 5.65 Å². The molecule has 6 nitrogen and oxygen atoms in total. The summed E-state index contributed by atoms with van der Waals surface area (Å²) in [6.07, 6.45) is 0.892. The van der Waals surface area contributed by atoms with E-state index in [9.17, 15) is 4.79 Å². The van der Waals surface area contributed by atoms with E-state index < -0.39 is 0 Å². The molecule has 0 saturated heterocycles. The fourth-order valence-corrected chi connectivity index (χ4v) is 5.48. The summed E-state index contributed by atoms with van der Waals surface area (Å²) in [6.45, 7) is 3.38. The first-order chi connectivity index (χ1) is 15.6. The van der Waals surface area contributed by atoms with Crippen molar-refractivity contribution < 1.29 is 9.47 Å². The normalized spacial score (nSPS) is 16.2. The number of aromatic nitrogens is 2. The molecule has 164 valence electrons. The van der Waals surface area contributed by atoms with Crippen molar-refractivity contribution in [2.24, 2.45) is 0 Å². The fraction of sp³-hybridized carbons (Fsp3) is 0.280. The molecule has 0 bridgehead atoms. The highest BCUT2D eigenvalue weighted by Crippen LogP contribution is 2.42. The van der Waals surface area contributed by atoms with E-state index in [0.717, 1.165) is 35.9 Å². The minimum Gasteiger partial charge on any atom is -0.493 e. The summed E-state index contributed by atoms with van der Waals surface area (Å²) >= 11 is 1.74. The zero-order chi connectivity index (χ0) is 22.2. The Balaban J connectivity index is 1.57. The van der Waals surface area contributed by atoms with Crippen LogP contribution in [0.25, 0.3) is 5.65 Å². The molecule has 4 heterocycles. The van der Waals surface area contributed by atoms with E-state index in [-0.39, 0.29) is 11.6 Å². The number of rotatable bonds is 5. The first kappa shape index (κ1) is 20.7. The predicted octanol–water partition coefficient (Wildman–Crippen LogP) is 4.23. The van der Waals surface area contributed by atoms with Crippen LogP contribution < -0.4 is 15.0 Å². The molecule has 1 aliphatic heterocycles. The van der Waals surface area contributed by atoms with Crippen LogP contribution in [0.1, 0.15) is 33.4 Å². The lowest BCUT2D eigenvalue weighted by atomic mass is 9.90. The quantitative estimate of drug-likeness (QED) is 0.458. The van der Waals surface area contributed by atoms with Gasteiger partial charge in [-0.25, -0.2) is 4.98 Å². The van der Waals surface area contributed by atoms with Gasteiger partial charge < -0.3 is 9.47 Å². The molecule has 7 heteroatoms. The minimum atomic E-state index is -0.0420. The molecule has 32 heavy (non-hydrogen) atoms. The van der Waals surface area contributed by atoms with Gasteiger partial charge in [-0.2, -0.15) is 0 Å². The zero-order valence-electron chi connectivity index (χ0n) is 18.4. The van der Waals surface area contributed by atoms with Crippen LogP contribution in [-0.2, 0) is 13.0 Å². The van der Waals surface area contributed by atoms with E-state index in [2.05, 4.69) is 34.5 Å². The van der Waals surface area contributed by atoms with E-state index in [1.165, 1.54) is 16.0 Å². The third kappa shape index (κ3) is 3.57. The number of hydrogen-bond donors (Lipinski definition) is 0. The third-order valence-electron chi connectivity index (χ3n) is 6.08. The maximum absolute atomic E-state index is 12.8. The van der Waals surface area contributed by atoms with Gasteiger partial charge in [0.05, 0.1) is 26.0 Å². The van der Waals surface area contributed by atoms with Crippen molar-refractivity contribution in [1.82, 2.24) is 14.3 Å². The second kappa shape index (κ2) is 8.41. The molecule has 0 radical (unpaired) electrons. The molecule has 3 aromatic heterocycles. The summed E-state index contributed by atoms with van der Waals surface area (Å²) in [6, 6.07) is 15.9. The lowest BCUT2D eigenvalue weighted by Crippen LogP contribution is -2.36. The van der Waals surface area contributed by atoms with Crippen LogP contribution in [0.5, 0.6) is 11.5 Å². The minimum absolute atomic E-state index is 0.0420. The van der Waals surface area contributed by atoms with Gasteiger partial charge in [0, 0.05) is 29.7 Å². The standard InChI is InChI=1S/C25H25N3O3S/c1-16-6-4-8-23-26-18(13-24(29)28(16)23)15-27-10-9-17-12-20(30-2)21(31-3)14-19(17)25(27)22-7-5-11-32-22/h4-8,11-14,25H,9-10,15H2,1-3H3. The van der Waals surface area contributed by atoms with Crippen LogP contribution in [0.15, 0.2) is 58.7 Å². The molecule has 0 aliphatic carbocycles. The maximum atomic E-state index is 12.8. The number of ether oxygens (including phenoxy) is 2. The van der Waals surface area contributed by atoms with E-state index >= 15 is 0 Å². The molecule has 0 saturated carbocycles. The van der Waals surface area contributed by atoms with Crippen molar-refractivity contribution in [3.63, 3.8) is 0 Å². The first-order valence-corrected chi connectivity index (χ1v) is 11.5. The molecule has 0 spiro atoms. The summed E-state index contributed by atoms with van der Waals surface area (Å²) in [4.78, 5) is 21.3. The van der Waals surface area contributed by atoms with Gasteiger partial charge >= 0.3 is 0 Å². The lowest BCUT2D eigenvalue weighted by Gasteiger charge is -2.37. The molecular weight excluding hydrogens is 422 g/mol. The SMILES string of the molecule is COc1cc2c(cc1OC)C(c1cccs1)N(Cc1cc(=O)n3c(C)cccc3n1)CC2. The topological polar surface area (TPSA) is 56.1 Å². The Morgan fingerprint density at radius 2 is 1.91 bits per heavy atom. The fourth-order valence-electron chi connectivity index (χ4n) is 4.60. The highest BCUT2D eigenvalue weighted by Gasteiger charge is 2.31. The van der Waals surface area contributed by atoms with Crippen molar-refractivity contribution in [3.05, 3.63) is 91.7 Å². The summed E-state index contributed by atoms with van der Waals surface area (Å²) < 4.78 is 12.8. The first-order valence-electron chi connectivity index (χ1n) is 10.6. The number of nitrogens with zero attached hydrogens (tertiary/aromatic N) is 3. The summed E-state index contributed by atoms with van der Waals surface area (Å²) in [5, 5.41) is 2.10. The van der Waals surface area contributed by atoms with Crippen molar-refractivity contribution in [3.8, 4) is 11.5 Å². The highest BCUT2D eigenvalue weighted by molar-refractivity contribution is 7.10. The van der Waals surface area contributed by atoms with E-state index in [1.54, 1.807) is 36.0 Å².